The third-order valence-corrected chi connectivity index (χ3v) is 7.08. The molecule has 1 unspecified atom stereocenters. The van der Waals surface area contributed by atoms with E-state index in [1.54, 1.807) is 12.1 Å². The molecule has 0 radical (unpaired) electrons. The highest BCUT2D eigenvalue weighted by molar-refractivity contribution is 7.12. The molecule has 3 heterocycles. The number of rotatable bonds is 4. The van der Waals surface area contributed by atoms with Crippen molar-refractivity contribution in [1.82, 2.24) is 18.3 Å². The Morgan fingerprint density at radius 3 is 2.61 bits per heavy atom. The zero-order chi connectivity index (χ0) is 22.6. The van der Waals surface area contributed by atoms with Crippen LogP contribution in [0.25, 0.3) is 26.8 Å². The summed E-state index contributed by atoms with van der Waals surface area (Å²) in [4.78, 5) is 13.2. The van der Waals surface area contributed by atoms with Gasteiger partial charge in [0.05, 0.1) is 22.0 Å². The van der Waals surface area contributed by atoms with Crippen LogP contribution in [0.3, 0.4) is 0 Å². The van der Waals surface area contributed by atoms with Crippen LogP contribution in [0.5, 0.6) is 0 Å². The quantitative estimate of drug-likeness (QED) is 0.387. The summed E-state index contributed by atoms with van der Waals surface area (Å²) in [6.07, 6.45) is 0.312. The number of hydrogen-bond acceptors (Lipinski definition) is 9. The minimum atomic E-state index is -1.88. The van der Waals surface area contributed by atoms with Gasteiger partial charge in [-0.1, -0.05) is 46.4 Å². The lowest BCUT2D eigenvalue weighted by Crippen LogP contribution is -2.29. The molecular weight excluding hydrogens is 456 g/mol. The summed E-state index contributed by atoms with van der Waals surface area (Å²) in [5.41, 5.74) is 6.19. The molecule has 6 rings (SSSR count). The second-order valence-corrected chi connectivity index (χ2v) is 9.29. The topological polar surface area (TPSA) is 98.1 Å². The maximum Gasteiger partial charge on any atom is 0.342 e. The Morgan fingerprint density at radius 1 is 0.970 bits per heavy atom. The van der Waals surface area contributed by atoms with Crippen LogP contribution in [0.4, 0.5) is 0 Å². The number of aromatic nitrogens is 4. The minimum absolute atomic E-state index is 0.312. The molecule has 0 saturated carbocycles. The van der Waals surface area contributed by atoms with Gasteiger partial charge in [0.1, 0.15) is 16.6 Å². The summed E-state index contributed by atoms with van der Waals surface area (Å²) < 4.78 is 19.2. The number of cyclic esters (lactones) is 1. The number of esters is 1. The van der Waals surface area contributed by atoms with E-state index in [4.69, 9.17) is 4.74 Å². The molecule has 1 aliphatic rings. The molecule has 1 N–H and O–H groups in total. The minimum Gasteiger partial charge on any atom is -0.421 e. The average molecular weight is 473 g/mol. The predicted molar refractivity (Wildman–Crippen MR) is 127 cm³/mol. The van der Waals surface area contributed by atoms with Crippen LogP contribution < -0.4 is 0 Å². The fraction of sp³-hybridized carbons (Fsp3) is 0.125. The summed E-state index contributed by atoms with van der Waals surface area (Å²) in [6, 6.07) is 18.6. The summed E-state index contributed by atoms with van der Waals surface area (Å²) in [5.74, 6) is -2.45. The standard InChI is InChI=1S/C24H16N4O3S2/c1-13-2-6-16(7-3-13)24(30)17(10-14-4-8-19-21(11-14)32-28-25-19)22(23(29)31-24)15-5-9-18-20(12-15)27-33-26-18/h2-9,11-12,30H,10H2,1H3. The first kappa shape index (κ1) is 20.1. The predicted octanol–water partition coefficient (Wildman–Crippen LogP) is 4.40. The van der Waals surface area contributed by atoms with E-state index in [2.05, 4.69) is 18.3 Å². The molecule has 9 heteroatoms. The van der Waals surface area contributed by atoms with Gasteiger partial charge in [0.15, 0.2) is 0 Å². The van der Waals surface area contributed by atoms with E-state index in [0.717, 1.165) is 38.6 Å². The molecule has 0 saturated heterocycles. The third kappa shape index (κ3) is 3.32. The van der Waals surface area contributed by atoms with Crippen molar-refractivity contribution in [2.24, 2.45) is 0 Å². The number of carbonyl (C=O) groups excluding carboxylic acids is 1. The molecule has 0 amide bonds. The van der Waals surface area contributed by atoms with Crippen molar-refractivity contribution < 1.29 is 14.6 Å². The number of hydrogen-bond donors (Lipinski definition) is 1. The Balaban J connectivity index is 1.55. The lowest BCUT2D eigenvalue weighted by molar-refractivity contribution is -0.185. The highest BCUT2D eigenvalue weighted by atomic mass is 32.1. The first-order valence-electron chi connectivity index (χ1n) is 10.2. The zero-order valence-electron chi connectivity index (χ0n) is 17.3. The van der Waals surface area contributed by atoms with Gasteiger partial charge in [-0.25, -0.2) is 4.79 Å². The van der Waals surface area contributed by atoms with Crippen LogP contribution in [-0.4, -0.2) is 29.4 Å². The molecule has 1 atom stereocenters. The van der Waals surface area contributed by atoms with E-state index in [1.165, 1.54) is 11.5 Å². The van der Waals surface area contributed by atoms with Gasteiger partial charge in [-0.15, -0.1) is 5.10 Å². The summed E-state index contributed by atoms with van der Waals surface area (Å²) in [5, 5.41) is 15.9. The van der Waals surface area contributed by atoms with Crippen molar-refractivity contribution in [1.29, 1.82) is 0 Å². The number of carbonyl (C=O) groups is 1. The number of aryl methyl sites for hydroxylation is 1. The van der Waals surface area contributed by atoms with Crippen LogP contribution in [0.1, 0.15) is 22.3 Å². The van der Waals surface area contributed by atoms with E-state index in [1.807, 2.05) is 55.5 Å². The molecule has 0 fully saturated rings. The smallest absolute Gasteiger partial charge is 0.342 e. The van der Waals surface area contributed by atoms with E-state index in [9.17, 15) is 9.90 Å². The zero-order valence-corrected chi connectivity index (χ0v) is 19.0. The van der Waals surface area contributed by atoms with E-state index < -0.39 is 11.8 Å². The molecule has 33 heavy (non-hydrogen) atoms. The number of ether oxygens (including phenoxy) is 1. The fourth-order valence-corrected chi connectivity index (χ4v) is 5.27. The van der Waals surface area contributed by atoms with E-state index in [-0.39, 0.29) is 0 Å². The number of aliphatic hydroxyl groups is 1. The van der Waals surface area contributed by atoms with Gasteiger partial charge in [-0.3, -0.25) is 0 Å². The van der Waals surface area contributed by atoms with Crippen molar-refractivity contribution >= 4 is 56.1 Å². The number of benzene rings is 3. The summed E-state index contributed by atoms with van der Waals surface area (Å²) in [7, 11) is 0. The molecule has 7 nitrogen and oxygen atoms in total. The summed E-state index contributed by atoms with van der Waals surface area (Å²) >= 11 is 2.42. The van der Waals surface area contributed by atoms with E-state index >= 15 is 0 Å². The first-order valence-corrected chi connectivity index (χ1v) is 11.7. The first-order chi connectivity index (χ1) is 16.0. The lowest BCUT2D eigenvalue weighted by Gasteiger charge is -2.26. The Labute approximate surface area is 196 Å². The highest BCUT2D eigenvalue weighted by Gasteiger charge is 2.48. The second-order valence-electron chi connectivity index (χ2n) is 7.97. The van der Waals surface area contributed by atoms with Gasteiger partial charge < -0.3 is 9.84 Å². The number of fused-ring (bicyclic) bond motifs is 2. The average Bonchev–Trinajstić information content (AvgIpc) is 3.52. The maximum absolute atomic E-state index is 13.2. The van der Waals surface area contributed by atoms with Gasteiger partial charge in [-0.05, 0) is 53.8 Å². The normalized spacial score (nSPS) is 18.4. The Kier molecular flexibility index (Phi) is 4.58. The molecule has 0 spiro atoms. The van der Waals surface area contributed by atoms with Crippen molar-refractivity contribution in [3.8, 4) is 0 Å². The van der Waals surface area contributed by atoms with Gasteiger partial charge >= 0.3 is 5.97 Å². The van der Waals surface area contributed by atoms with Crippen LogP contribution >= 0.6 is 23.3 Å². The SMILES string of the molecule is Cc1ccc(C2(O)OC(=O)C(c3ccc4nsnc4c3)=C2Cc2ccc3nnsc3c2)cc1. The van der Waals surface area contributed by atoms with Gasteiger partial charge in [0.2, 0.25) is 0 Å². The second kappa shape index (κ2) is 7.51. The van der Waals surface area contributed by atoms with Crippen LogP contribution in [0, 0.1) is 6.92 Å². The molecule has 1 aliphatic heterocycles. The molecule has 162 valence electrons. The molecular formula is C24H16N4O3S2. The molecule has 5 aromatic rings. The van der Waals surface area contributed by atoms with E-state index in [0.29, 0.717) is 34.2 Å². The van der Waals surface area contributed by atoms with Crippen molar-refractivity contribution in [2.45, 2.75) is 19.1 Å². The van der Waals surface area contributed by atoms with Crippen molar-refractivity contribution in [3.63, 3.8) is 0 Å². The highest BCUT2D eigenvalue weighted by Crippen LogP contribution is 2.45. The van der Waals surface area contributed by atoms with Crippen molar-refractivity contribution in [2.75, 3.05) is 0 Å². The lowest BCUT2D eigenvalue weighted by atomic mass is 9.88. The van der Waals surface area contributed by atoms with Gasteiger partial charge in [0.25, 0.3) is 5.79 Å². The maximum atomic E-state index is 13.2. The number of nitrogens with zero attached hydrogens (tertiary/aromatic N) is 4. The monoisotopic (exact) mass is 472 g/mol. The molecule has 0 aliphatic carbocycles. The van der Waals surface area contributed by atoms with Crippen LogP contribution in [-0.2, 0) is 21.7 Å². The Hall–Kier alpha value is -3.53. The molecule has 2 aromatic heterocycles. The van der Waals surface area contributed by atoms with Gasteiger partial charge in [0, 0.05) is 17.6 Å². The summed E-state index contributed by atoms with van der Waals surface area (Å²) in [6.45, 7) is 1.96. The van der Waals surface area contributed by atoms with Gasteiger partial charge in [-0.2, -0.15) is 8.75 Å². The molecule has 0 bridgehead atoms. The molecule has 3 aromatic carbocycles. The van der Waals surface area contributed by atoms with Crippen LogP contribution in [0.15, 0.2) is 66.2 Å². The fourth-order valence-electron chi connectivity index (χ4n) is 4.13. The Morgan fingerprint density at radius 2 is 1.76 bits per heavy atom. The largest absolute Gasteiger partial charge is 0.421 e. The Bertz CT molecular complexity index is 1570. The van der Waals surface area contributed by atoms with Crippen LogP contribution in [0.2, 0.25) is 0 Å². The third-order valence-electron chi connectivity index (χ3n) is 5.83. The van der Waals surface area contributed by atoms with Crippen molar-refractivity contribution in [3.05, 3.63) is 88.5 Å².